The van der Waals surface area contributed by atoms with Crippen molar-refractivity contribution in [1.29, 1.82) is 0 Å². The number of sulfonamides is 1. The van der Waals surface area contributed by atoms with Crippen LogP contribution in [0, 0.1) is 16.0 Å². The van der Waals surface area contributed by atoms with E-state index < -0.39 is 14.9 Å². The number of nitro groups is 1. The number of nitrogens with zero attached hydrogens (tertiary/aromatic N) is 2. The van der Waals surface area contributed by atoms with Crippen LogP contribution in [-0.4, -0.2) is 31.8 Å². The van der Waals surface area contributed by atoms with E-state index in [4.69, 9.17) is 9.15 Å². The van der Waals surface area contributed by atoms with E-state index in [1.165, 1.54) is 20.2 Å². The maximum Gasteiger partial charge on any atom is 0.273 e. The van der Waals surface area contributed by atoms with E-state index in [-0.39, 0.29) is 22.9 Å². The third-order valence-corrected chi connectivity index (χ3v) is 6.42. The van der Waals surface area contributed by atoms with Crippen molar-refractivity contribution in [3.8, 4) is 5.75 Å². The third kappa shape index (κ3) is 3.45. The van der Waals surface area contributed by atoms with Gasteiger partial charge in [0.15, 0.2) is 0 Å². The minimum absolute atomic E-state index is 0.0591. The van der Waals surface area contributed by atoms with Gasteiger partial charge in [-0.1, -0.05) is 6.92 Å². The van der Waals surface area contributed by atoms with Crippen LogP contribution in [0.4, 0.5) is 5.69 Å². The fraction of sp³-hybridized carbons (Fsp3) is 0.412. The molecule has 0 saturated heterocycles. The lowest BCUT2D eigenvalue weighted by Gasteiger charge is -2.17. The largest absolute Gasteiger partial charge is 0.495 e. The Balaban J connectivity index is 1.82. The van der Waals surface area contributed by atoms with Crippen molar-refractivity contribution in [3.63, 3.8) is 0 Å². The van der Waals surface area contributed by atoms with E-state index in [1.54, 1.807) is 6.07 Å². The molecule has 1 aromatic carbocycles. The smallest absolute Gasteiger partial charge is 0.273 e. The summed E-state index contributed by atoms with van der Waals surface area (Å²) in [5, 5.41) is 10.9. The van der Waals surface area contributed by atoms with Gasteiger partial charge < -0.3 is 9.15 Å². The summed E-state index contributed by atoms with van der Waals surface area (Å²) in [6.45, 7) is 2.20. The second-order valence-corrected chi connectivity index (χ2v) is 8.49. The Morgan fingerprint density at radius 3 is 2.62 bits per heavy atom. The van der Waals surface area contributed by atoms with Crippen LogP contribution in [0.15, 0.2) is 39.6 Å². The van der Waals surface area contributed by atoms with Gasteiger partial charge in [0, 0.05) is 19.0 Å². The second kappa shape index (κ2) is 6.73. The molecule has 0 radical (unpaired) electrons. The van der Waals surface area contributed by atoms with E-state index in [1.807, 2.05) is 6.07 Å². The SMILES string of the molecule is COc1cc([N+](=O)[O-])ccc1S(=O)(=O)N(C)Cc1ccc(C2CC2C)o1. The third-order valence-electron chi connectivity index (χ3n) is 4.58. The van der Waals surface area contributed by atoms with E-state index in [0.717, 1.165) is 28.6 Å². The quantitative estimate of drug-likeness (QED) is 0.540. The van der Waals surface area contributed by atoms with Gasteiger partial charge in [-0.3, -0.25) is 10.1 Å². The molecular formula is C17H20N2O6S. The molecule has 0 bridgehead atoms. The number of nitro benzene ring substituents is 1. The number of methoxy groups -OCH3 is 1. The van der Waals surface area contributed by atoms with E-state index in [2.05, 4.69) is 6.92 Å². The number of benzene rings is 1. The van der Waals surface area contributed by atoms with Gasteiger partial charge in [-0.15, -0.1) is 0 Å². The van der Waals surface area contributed by atoms with Crippen LogP contribution < -0.4 is 4.74 Å². The zero-order valence-corrected chi connectivity index (χ0v) is 15.5. The fourth-order valence-corrected chi connectivity index (χ4v) is 4.12. The zero-order chi connectivity index (χ0) is 19.1. The number of ether oxygens (including phenoxy) is 1. The molecule has 1 aliphatic rings. The van der Waals surface area contributed by atoms with Gasteiger partial charge in [-0.05, 0) is 30.5 Å². The van der Waals surface area contributed by atoms with Crippen molar-refractivity contribution in [2.24, 2.45) is 5.92 Å². The van der Waals surface area contributed by atoms with Crippen LogP contribution in [0.2, 0.25) is 0 Å². The minimum Gasteiger partial charge on any atom is -0.495 e. The first-order valence-electron chi connectivity index (χ1n) is 8.11. The Hall–Kier alpha value is -2.39. The molecule has 8 nitrogen and oxygen atoms in total. The Morgan fingerprint density at radius 1 is 1.35 bits per heavy atom. The molecule has 140 valence electrons. The van der Waals surface area contributed by atoms with Crippen molar-refractivity contribution >= 4 is 15.7 Å². The van der Waals surface area contributed by atoms with Gasteiger partial charge in [0.2, 0.25) is 10.0 Å². The number of hydrogen-bond donors (Lipinski definition) is 0. The molecule has 0 N–H and O–H groups in total. The van der Waals surface area contributed by atoms with Crippen LogP contribution >= 0.6 is 0 Å². The van der Waals surface area contributed by atoms with Gasteiger partial charge in [0.25, 0.3) is 5.69 Å². The minimum atomic E-state index is -3.90. The lowest BCUT2D eigenvalue weighted by molar-refractivity contribution is -0.385. The summed E-state index contributed by atoms with van der Waals surface area (Å²) >= 11 is 0. The summed E-state index contributed by atoms with van der Waals surface area (Å²) in [5.41, 5.74) is -0.238. The maximum atomic E-state index is 12.8. The molecule has 3 rings (SSSR count). The van der Waals surface area contributed by atoms with E-state index in [0.29, 0.717) is 17.6 Å². The van der Waals surface area contributed by atoms with E-state index in [9.17, 15) is 18.5 Å². The van der Waals surface area contributed by atoms with Crippen molar-refractivity contribution < 1.29 is 22.5 Å². The summed E-state index contributed by atoms with van der Waals surface area (Å²) < 4.78 is 37.6. The summed E-state index contributed by atoms with van der Waals surface area (Å²) in [4.78, 5) is 10.1. The molecular weight excluding hydrogens is 360 g/mol. The number of rotatable bonds is 7. The summed E-state index contributed by atoms with van der Waals surface area (Å²) in [5.74, 6) is 2.37. The molecule has 9 heteroatoms. The maximum absolute atomic E-state index is 12.8. The predicted molar refractivity (Wildman–Crippen MR) is 93.5 cm³/mol. The molecule has 1 heterocycles. The Morgan fingerprint density at radius 2 is 2.04 bits per heavy atom. The molecule has 26 heavy (non-hydrogen) atoms. The van der Waals surface area contributed by atoms with Crippen molar-refractivity contribution in [2.45, 2.75) is 30.7 Å². The van der Waals surface area contributed by atoms with Gasteiger partial charge >= 0.3 is 0 Å². The van der Waals surface area contributed by atoms with Crippen LogP contribution in [0.1, 0.15) is 30.8 Å². The Kier molecular flexibility index (Phi) is 4.76. The van der Waals surface area contributed by atoms with Crippen LogP contribution in [0.5, 0.6) is 5.75 Å². The molecule has 2 aromatic rings. The van der Waals surface area contributed by atoms with Gasteiger partial charge in [-0.2, -0.15) is 4.31 Å². The number of furan rings is 1. The van der Waals surface area contributed by atoms with Crippen LogP contribution in [-0.2, 0) is 16.6 Å². The Labute approximate surface area is 151 Å². The fourth-order valence-electron chi connectivity index (χ4n) is 2.85. The van der Waals surface area contributed by atoms with Crippen molar-refractivity contribution in [2.75, 3.05) is 14.2 Å². The summed E-state index contributed by atoms with van der Waals surface area (Å²) in [6, 6.07) is 7.08. The molecule has 1 saturated carbocycles. The van der Waals surface area contributed by atoms with Gasteiger partial charge in [0.1, 0.15) is 22.2 Å². The standard InChI is InChI=1S/C17H20N2O6S/c1-11-8-14(11)15-6-5-13(25-15)10-18(2)26(22,23)17-7-4-12(19(20)21)9-16(17)24-3/h4-7,9,11,14H,8,10H2,1-3H3. The normalized spacial score (nSPS) is 19.5. The predicted octanol–water partition coefficient (Wildman–Crippen LogP) is 3.14. The molecule has 0 aliphatic heterocycles. The van der Waals surface area contributed by atoms with Crippen molar-refractivity contribution in [3.05, 3.63) is 52.0 Å². The monoisotopic (exact) mass is 380 g/mol. The highest BCUT2D eigenvalue weighted by molar-refractivity contribution is 7.89. The van der Waals surface area contributed by atoms with Gasteiger partial charge in [-0.25, -0.2) is 8.42 Å². The number of hydrogen-bond acceptors (Lipinski definition) is 6. The zero-order valence-electron chi connectivity index (χ0n) is 14.7. The van der Waals surface area contributed by atoms with Crippen molar-refractivity contribution in [1.82, 2.24) is 4.31 Å². The molecule has 2 atom stereocenters. The second-order valence-electron chi connectivity index (χ2n) is 6.48. The summed E-state index contributed by atoms with van der Waals surface area (Å²) in [6.07, 6.45) is 1.08. The average molecular weight is 380 g/mol. The first-order valence-corrected chi connectivity index (χ1v) is 9.55. The first kappa shape index (κ1) is 18.4. The highest BCUT2D eigenvalue weighted by atomic mass is 32.2. The Bertz CT molecular complexity index is 936. The first-order chi connectivity index (χ1) is 12.2. The van der Waals surface area contributed by atoms with Crippen LogP contribution in [0.3, 0.4) is 0 Å². The van der Waals surface area contributed by atoms with Crippen LogP contribution in [0.25, 0.3) is 0 Å². The van der Waals surface area contributed by atoms with E-state index >= 15 is 0 Å². The molecule has 0 amide bonds. The molecule has 1 fully saturated rings. The topological polar surface area (TPSA) is 103 Å². The molecule has 1 aliphatic carbocycles. The highest BCUT2D eigenvalue weighted by Crippen LogP contribution is 2.47. The lowest BCUT2D eigenvalue weighted by atomic mass is 10.3. The number of non-ortho nitro benzene ring substituents is 1. The van der Waals surface area contributed by atoms with Gasteiger partial charge in [0.05, 0.1) is 24.6 Å². The lowest BCUT2D eigenvalue weighted by Crippen LogP contribution is -2.26. The highest BCUT2D eigenvalue weighted by Gasteiger charge is 2.37. The average Bonchev–Trinajstić information content (AvgIpc) is 3.15. The summed E-state index contributed by atoms with van der Waals surface area (Å²) in [7, 11) is -1.20. The molecule has 0 spiro atoms. The molecule has 1 aromatic heterocycles. The molecule has 2 unspecified atom stereocenters.